The number of aromatic hydroxyl groups is 1. The Morgan fingerprint density at radius 2 is 1.61 bits per heavy atom. The van der Waals surface area contributed by atoms with Crippen molar-refractivity contribution in [1.82, 2.24) is 0 Å². The second-order valence-electron chi connectivity index (χ2n) is 7.12. The highest BCUT2D eigenvalue weighted by molar-refractivity contribution is 5.84. The Balaban J connectivity index is 1.97. The van der Waals surface area contributed by atoms with E-state index >= 15 is 0 Å². The predicted octanol–water partition coefficient (Wildman–Crippen LogP) is 3.61. The second-order valence-corrected chi connectivity index (χ2v) is 7.12. The molecule has 3 N–H and O–H groups in total. The highest BCUT2D eigenvalue weighted by atomic mass is 16.5. The first-order valence-corrected chi connectivity index (χ1v) is 8.80. The molecule has 0 saturated heterocycles. The summed E-state index contributed by atoms with van der Waals surface area (Å²) < 4.78 is 0. The van der Waals surface area contributed by atoms with Gasteiger partial charge in [-0.1, -0.05) is 12.1 Å². The summed E-state index contributed by atoms with van der Waals surface area (Å²) in [6.07, 6.45) is 10.5. The Morgan fingerprint density at radius 3 is 2.48 bits per heavy atom. The number of fused-ring (bicyclic) bond motifs is 2. The van der Waals surface area contributed by atoms with Crippen LogP contribution in [0.3, 0.4) is 0 Å². The topological polar surface area (TPSA) is 60.7 Å². The van der Waals surface area contributed by atoms with Crippen LogP contribution in [0.4, 0.5) is 0 Å². The van der Waals surface area contributed by atoms with Crippen LogP contribution in [0.2, 0.25) is 0 Å². The number of benzene rings is 1. The molecule has 3 heteroatoms. The van der Waals surface area contributed by atoms with Crippen LogP contribution in [0.15, 0.2) is 29.4 Å². The largest absolute Gasteiger partial charge is 0.507 e. The summed E-state index contributed by atoms with van der Waals surface area (Å²) >= 11 is 0. The van der Waals surface area contributed by atoms with Gasteiger partial charge in [0.15, 0.2) is 5.79 Å². The molecular weight excluding hydrogens is 288 g/mol. The molecule has 1 fully saturated rings. The lowest BCUT2D eigenvalue weighted by molar-refractivity contribution is -0.106. The average molecular weight is 312 g/mol. The maximum Gasteiger partial charge on any atom is 0.194 e. The highest BCUT2D eigenvalue weighted by Gasteiger charge is 2.39. The van der Waals surface area contributed by atoms with Crippen molar-refractivity contribution in [1.29, 1.82) is 0 Å². The van der Waals surface area contributed by atoms with E-state index in [0.717, 1.165) is 62.5 Å². The number of phenols is 1. The van der Waals surface area contributed by atoms with Crippen molar-refractivity contribution in [2.24, 2.45) is 0 Å². The summed E-state index contributed by atoms with van der Waals surface area (Å²) in [5.41, 5.74) is 5.96. The number of hydrogen-bond acceptors (Lipinski definition) is 3. The lowest BCUT2D eigenvalue weighted by atomic mass is 9.74. The van der Waals surface area contributed by atoms with Gasteiger partial charge in [-0.25, -0.2) is 0 Å². The Labute approximate surface area is 137 Å². The van der Waals surface area contributed by atoms with Crippen LogP contribution in [-0.4, -0.2) is 21.1 Å². The Bertz CT molecular complexity index is 710. The fraction of sp³-hybridized carbons (Fsp3) is 0.500. The van der Waals surface area contributed by atoms with Gasteiger partial charge in [-0.2, -0.15) is 0 Å². The van der Waals surface area contributed by atoms with E-state index < -0.39 is 5.79 Å². The first-order valence-electron chi connectivity index (χ1n) is 8.80. The maximum absolute atomic E-state index is 10.7. The van der Waals surface area contributed by atoms with Crippen molar-refractivity contribution in [2.45, 2.75) is 63.6 Å². The first kappa shape index (κ1) is 15.0. The van der Waals surface area contributed by atoms with Crippen LogP contribution in [0.25, 0.3) is 5.57 Å². The van der Waals surface area contributed by atoms with Gasteiger partial charge in [0.05, 0.1) is 0 Å². The van der Waals surface area contributed by atoms with Crippen molar-refractivity contribution in [3.8, 4) is 5.75 Å². The van der Waals surface area contributed by atoms with Crippen molar-refractivity contribution in [2.75, 3.05) is 0 Å². The van der Waals surface area contributed by atoms with Crippen LogP contribution in [0.1, 0.15) is 61.6 Å². The van der Waals surface area contributed by atoms with Crippen molar-refractivity contribution in [3.63, 3.8) is 0 Å². The van der Waals surface area contributed by atoms with Gasteiger partial charge in [-0.05, 0) is 79.7 Å². The molecule has 23 heavy (non-hydrogen) atoms. The molecule has 4 rings (SSSR count). The number of hydrogen-bond donors (Lipinski definition) is 3. The lowest BCUT2D eigenvalue weighted by Gasteiger charge is -2.36. The van der Waals surface area contributed by atoms with Gasteiger partial charge >= 0.3 is 0 Å². The quantitative estimate of drug-likeness (QED) is 0.694. The normalized spacial score (nSPS) is 23.1. The Morgan fingerprint density at radius 1 is 0.870 bits per heavy atom. The molecule has 0 heterocycles. The smallest absolute Gasteiger partial charge is 0.194 e. The van der Waals surface area contributed by atoms with Gasteiger partial charge < -0.3 is 15.3 Å². The minimum absolute atomic E-state index is 0.187. The number of allylic oxidation sites excluding steroid dienone is 2. The van der Waals surface area contributed by atoms with E-state index in [-0.39, 0.29) is 12.2 Å². The average Bonchev–Trinajstić information content (AvgIpc) is 2.56. The first-order chi connectivity index (χ1) is 11.1. The minimum atomic E-state index is -1.87. The third kappa shape index (κ3) is 2.43. The fourth-order valence-corrected chi connectivity index (χ4v) is 4.49. The van der Waals surface area contributed by atoms with Gasteiger partial charge in [-0.3, -0.25) is 0 Å². The summed E-state index contributed by atoms with van der Waals surface area (Å²) in [6, 6.07) is 3.72. The van der Waals surface area contributed by atoms with Crippen LogP contribution >= 0.6 is 0 Å². The molecule has 0 spiro atoms. The molecule has 0 amide bonds. The van der Waals surface area contributed by atoms with Gasteiger partial charge in [0.25, 0.3) is 0 Å². The van der Waals surface area contributed by atoms with E-state index in [1.165, 1.54) is 11.1 Å². The maximum atomic E-state index is 10.7. The van der Waals surface area contributed by atoms with E-state index in [1.54, 1.807) is 6.07 Å². The molecule has 3 nitrogen and oxygen atoms in total. The molecule has 0 unspecified atom stereocenters. The van der Waals surface area contributed by atoms with Crippen LogP contribution in [0, 0.1) is 0 Å². The van der Waals surface area contributed by atoms with Crippen LogP contribution < -0.4 is 0 Å². The fourth-order valence-electron chi connectivity index (χ4n) is 4.49. The molecule has 1 saturated carbocycles. The van der Waals surface area contributed by atoms with Crippen molar-refractivity contribution >= 4 is 5.57 Å². The molecule has 122 valence electrons. The number of rotatable bonds is 1. The molecule has 0 aliphatic heterocycles. The monoisotopic (exact) mass is 312 g/mol. The van der Waals surface area contributed by atoms with E-state index in [4.69, 9.17) is 0 Å². The number of aryl methyl sites for hydroxylation is 1. The van der Waals surface area contributed by atoms with E-state index in [0.29, 0.717) is 11.1 Å². The predicted molar refractivity (Wildman–Crippen MR) is 90.0 cm³/mol. The highest BCUT2D eigenvalue weighted by Crippen LogP contribution is 2.48. The van der Waals surface area contributed by atoms with Crippen molar-refractivity contribution in [3.05, 3.63) is 46.0 Å². The summed E-state index contributed by atoms with van der Waals surface area (Å²) in [4.78, 5) is 0. The number of phenolic OH excluding ortho intramolecular Hbond substituents is 1. The Hall–Kier alpha value is -1.58. The summed E-state index contributed by atoms with van der Waals surface area (Å²) in [5.74, 6) is -1.69. The summed E-state index contributed by atoms with van der Waals surface area (Å²) in [6.45, 7) is 0. The van der Waals surface area contributed by atoms with Crippen LogP contribution in [0.5, 0.6) is 5.75 Å². The van der Waals surface area contributed by atoms with Crippen LogP contribution in [-0.2, 0) is 12.8 Å². The standard InChI is InChI=1S/C20H24O3/c21-17-10-9-13-5-1-3-7-15(13)18(17)19-16-8-4-2-6-14(16)11-12-20(19,22)23/h9-11,21-23H,1-8,12H2. The zero-order valence-corrected chi connectivity index (χ0v) is 13.4. The third-order valence-corrected chi connectivity index (χ3v) is 5.61. The SMILES string of the molecule is Oc1ccc2c(c1C1=C3CCCCC3=CCC1(O)O)CCCC2. The zero-order valence-electron chi connectivity index (χ0n) is 13.4. The molecule has 0 bridgehead atoms. The lowest BCUT2D eigenvalue weighted by Crippen LogP contribution is -2.34. The number of aliphatic hydroxyl groups is 2. The van der Waals surface area contributed by atoms with Gasteiger partial charge in [0.1, 0.15) is 5.75 Å². The zero-order chi connectivity index (χ0) is 16.0. The molecule has 0 atom stereocenters. The second kappa shape index (κ2) is 5.50. The molecule has 3 aliphatic rings. The van der Waals surface area contributed by atoms with E-state index in [2.05, 4.69) is 0 Å². The molecule has 0 aromatic heterocycles. The summed E-state index contributed by atoms with van der Waals surface area (Å²) in [7, 11) is 0. The molecule has 1 aromatic rings. The third-order valence-electron chi connectivity index (χ3n) is 5.61. The minimum Gasteiger partial charge on any atom is -0.507 e. The van der Waals surface area contributed by atoms with Crippen molar-refractivity contribution < 1.29 is 15.3 Å². The molecule has 1 aromatic carbocycles. The Kier molecular flexibility index (Phi) is 3.58. The van der Waals surface area contributed by atoms with E-state index in [1.807, 2.05) is 12.1 Å². The molecular formula is C20H24O3. The van der Waals surface area contributed by atoms with Gasteiger partial charge in [-0.15, -0.1) is 0 Å². The van der Waals surface area contributed by atoms with E-state index in [9.17, 15) is 15.3 Å². The van der Waals surface area contributed by atoms with Gasteiger partial charge in [0.2, 0.25) is 0 Å². The summed E-state index contributed by atoms with van der Waals surface area (Å²) in [5, 5.41) is 32.0. The molecule has 3 aliphatic carbocycles. The van der Waals surface area contributed by atoms with Gasteiger partial charge in [0, 0.05) is 17.6 Å². The molecule has 0 radical (unpaired) electrons.